The molecule has 16 heavy (non-hydrogen) atoms. The van der Waals surface area contributed by atoms with Crippen LogP contribution in [-0.4, -0.2) is 0 Å². The van der Waals surface area contributed by atoms with Gasteiger partial charge in [-0.05, 0) is 34.9 Å². The van der Waals surface area contributed by atoms with Gasteiger partial charge in [-0.2, -0.15) is 0 Å². The smallest absolute Gasteiger partial charge is 0.0423 e. The van der Waals surface area contributed by atoms with E-state index in [9.17, 15) is 0 Å². The van der Waals surface area contributed by atoms with Crippen molar-refractivity contribution in [2.75, 3.05) is 0 Å². The van der Waals surface area contributed by atoms with Crippen LogP contribution in [0, 0.1) is 0 Å². The van der Waals surface area contributed by atoms with Gasteiger partial charge in [-0.15, -0.1) is 0 Å². The van der Waals surface area contributed by atoms with E-state index in [1.807, 2.05) is 36.4 Å². The molecule has 0 fully saturated rings. The summed E-state index contributed by atoms with van der Waals surface area (Å²) in [6.45, 7) is 0.528. The number of nitrogens with two attached hydrogens (primary N) is 1. The summed E-state index contributed by atoms with van der Waals surface area (Å²) in [6, 6.07) is 13.9. The fourth-order valence-corrected chi connectivity index (χ4v) is 2.55. The van der Waals surface area contributed by atoms with E-state index in [2.05, 4.69) is 22.0 Å². The van der Waals surface area contributed by atoms with Crippen LogP contribution in [0.2, 0.25) is 5.02 Å². The highest BCUT2D eigenvalue weighted by atomic mass is 79.9. The monoisotopic (exact) mass is 295 g/mol. The van der Waals surface area contributed by atoms with Crippen LogP contribution in [0.5, 0.6) is 0 Å². The molecule has 2 rings (SSSR count). The Morgan fingerprint density at radius 3 is 2.56 bits per heavy atom. The maximum absolute atomic E-state index is 6.03. The minimum atomic E-state index is 0.528. The van der Waals surface area contributed by atoms with Crippen molar-refractivity contribution in [1.82, 2.24) is 0 Å². The molecule has 2 aromatic carbocycles. The molecule has 0 aliphatic carbocycles. The van der Waals surface area contributed by atoms with Gasteiger partial charge in [0, 0.05) is 16.0 Å². The average molecular weight is 297 g/mol. The Labute approximate surface area is 108 Å². The highest BCUT2D eigenvalue weighted by molar-refractivity contribution is 9.10. The van der Waals surface area contributed by atoms with Crippen molar-refractivity contribution in [2.45, 2.75) is 6.54 Å². The third kappa shape index (κ3) is 2.46. The standard InChI is InChI=1S/C13H11BrClN/c14-11-5-10(6-12(15)7-11)13-4-2-1-3-9(13)8-16/h1-7H,8,16H2. The summed E-state index contributed by atoms with van der Waals surface area (Å²) < 4.78 is 0.974. The molecule has 0 amide bonds. The van der Waals surface area contributed by atoms with Crippen molar-refractivity contribution in [3.05, 3.63) is 57.5 Å². The van der Waals surface area contributed by atoms with Crippen LogP contribution in [0.4, 0.5) is 0 Å². The molecular weight excluding hydrogens is 286 g/mol. The van der Waals surface area contributed by atoms with Crippen molar-refractivity contribution in [2.24, 2.45) is 5.73 Å². The molecule has 0 atom stereocenters. The third-order valence-electron chi connectivity index (χ3n) is 2.41. The molecule has 0 aliphatic rings. The number of hydrogen-bond donors (Lipinski definition) is 1. The van der Waals surface area contributed by atoms with E-state index < -0.39 is 0 Å². The second-order valence-corrected chi connectivity index (χ2v) is 4.87. The van der Waals surface area contributed by atoms with E-state index in [0.717, 1.165) is 26.2 Å². The molecule has 0 bridgehead atoms. The van der Waals surface area contributed by atoms with Crippen LogP contribution in [0.3, 0.4) is 0 Å². The lowest BCUT2D eigenvalue weighted by molar-refractivity contribution is 1.07. The summed E-state index contributed by atoms with van der Waals surface area (Å²) in [6.07, 6.45) is 0. The Morgan fingerprint density at radius 2 is 1.88 bits per heavy atom. The van der Waals surface area contributed by atoms with Gasteiger partial charge in [0.2, 0.25) is 0 Å². The van der Waals surface area contributed by atoms with Crippen molar-refractivity contribution >= 4 is 27.5 Å². The molecule has 0 radical (unpaired) electrons. The molecule has 1 nitrogen and oxygen atoms in total. The van der Waals surface area contributed by atoms with E-state index >= 15 is 0 Å². The summed E-state index contributed by atoms with van der Waals surface area (Å²) in [4.78, 5) is 0. The van der Waals surface area contributed by atoms with Gasteiger partial charge in [-0.25, -0.2) is 0 Å². The Bertz CT molecular complexity index is 491. The fraction of sp³-hybridized carbons (Fsp3) is 0.0769. The predicted octanol–water partition coefficient (Wildman–Crippen LogP) is 4.23. The first-order valence-electron chi connectivity index (χ1n) is 4.95. The minimum Gasteiger partial charge on any atom is -0.326 e. The highest BCUT2D eigenvalue weighted by Gasteiger charge is 2.04. The van der Waals surface area contributed by atoms with Gasteiger partial charge in [0.15, 0.2) is 0 Å². The number of hydrogen-bond acceptors (Lipinski definition) is 1. The molecule has 2 aromatic rings. The first kappa shape index (κ1) is 11.6. The van der Waals surface area contributed by atoms with Crippen molar-refractivity contribution in [3.8, 4) is 11.1 Å². The molecule has 2 N–H and O–H groups in total. The minimum absolute atomic E-state index is 0.528. The van der Waals surface area contributed by atoms with Crippen LogP contribution in [0.25, 0.3) is 11.1 Å². The molecule has 0 saturated carbocycles. The zero-order chi connectivity index (χ0) is 11.5. The highest BCUT2D eigenvalue weighted by Crippen LogP contribution is 2.29. The predicted molar refractivity (Wildman–Crippen MR) is 72.5 cm³/mol. The Kier molecular flexibility index (Phi) is 3.64. The summed E-state index contributed by atoms with van der Waals surface area (Å²) in [5.74, 6) is 0. The third-order valence-corrected chi connectivity index (χ3v) is 3.09. The number of benzene rings is 2. The molecule has 0 aliphatic heterocycles. The Morgan fingerprint density at radius 1 is 1.12 bits per heavy atom. The largest absolute Gasteiger partial charge is 0.326 e. The quantitative estimate of drug-likeness (QED) is 0.882. The maximum atomic E-state index is 6.03. The zero-order valence-electron chi connectivity index (χ0n) is 8.58. The molecule has 0 aromatic heterocycles. The normalized spacial score (nSPS) is 10.4. The van der Waals surface area contributed by atoms with Crippen LogP contribution in [0.1, 0.15) is 5.56 Å². The van der Waals surface area contributed by atoms with E-state index in [0.29, 0.717) is 6.54 Å². The van der Waals surface area contributed by atoms with Gasteiger partial charge in [0.25, 0.3) is 0 Å². The van der Waals surface area contributed by atoms with Crippen molar-refractivity contribution in [1.29, 1.82) is 0 Å². The van der Waals surface area contributed by atoms with Gasteiger partial charge >= 0.3 is 0 Å². The second kappa shape index (κ2) is 5.00. The molecule has 0 unspecified atom stereocenters. The fourth-order valence-electron chi connectivity index (χ4n) is 1.69. The Balaban J connectivity index is 2.58. The van der Waals surface area contributed by atoms with E-state index in [4.69, 9.17) is 17.3 Å². The number of halogens is 2. The summed E-state index contributed by atoms with van der Waals surface area (Å²) in [5, 5.41) is 0.719. The van der Waals surface area contributed by atoms with Crippen LogP contribution in [0.15, 0.2) is 46.9 Å². The van der Waals surface area contributed by atoms with Gasteiger partial charge < -0.3 is 5.73 Å². The van der Waals surface area contributed by atoms with Crippen molar-refractivity contribution in [3.63, 3.8) is 0 Å². The van der Waals surface area contributed by atoms with Crippen LogP contribution in [-0.2, 0) is 6.54 Å². The first-order chi connectivity index (χ1) is 7.70. The molecule has 0 spiro atoms. The molecule has 82 valence electrons. The molecule has 3 heteroatoms. The second-order valence-electron chi connectivity index (χ2n) is 3.52. The van der Waals surface area contributed by atoms with Crippen LogP contribution < -0.4 is 5.73 Å². The van der Waals surface area contributed by atoms with Gasteiger partial charge in [0.1, 0.15) is 0 Å². The van der Waals surface area contributed by atoms with Gasteiger partial charge in [0.05, 0.1) is 0 Å². The SMILES string of the molecule is NCc1ccccc1-c1cc(Cl)cc(Br)c1. The van der Waals surface area contributed by atoms with E-state index in [1.165, 1.54) is 0 Å². The Hall–Kier alpha value is -0.830. The van der Waals surface area contributed by atoms with E-state index in [1.54, 1.807) is 0 Å². The first-order valence-corrected chi connectivity index (χ1v) is 6.12. The molecular formula is C13H11BrClN. The molecule has 0 saturated heterocycles. The summed E-state index contributed by atoms with van der Waals surface area (Å²) in [5.41, 5.74) is 9.06. The summed E-state index contributed by atoms with van der Waals surface area (Å²) >= 11 is 9.48. The maximum Gasteiger partial charge on any atom is 0.0423 e. The summed E-state index contributed by atoms with van der Waals surface area (Å²) in [7, 11) is 0. The van der Waals surface area contributed by atoms with E-state index in [-0.39, 0.29) is 0 Å². The van der Waals surface area contributed by atoms with Gasteiger partial charge in [-0.3, -0.25) is 0 Å². The lowest BCUT2D eigenvalue weighted by Crippen LogP contribution is -1.98. The topological polar surface area (TPSA) is 26.0 Å². The average Bonchev–Trinajstić information content (AvgIpc) is 2.27. The number of rotatable bonds is 2. The zero-order valence-corrected chi connectivity index (χ0v) is 10.9. The lowest BCUT2D eigenvalue weighted by atomic mass is 10.00. The van der Waals surface area contributed by atoms with Gasteiger partial charge in [-0.1, -0.05) is 51.8 Å². The van der Waals surface area contributed by atoms with Crippen LogP contribution >= 0.6 is 27.5 Å². The molecule has 0 heterocycles. The lowest BCUT2D eigenvalue weighted by Gasteiger charge is -2.08. The van der Waals surface area contributed by atoms with Crippen molar-refractivity contribution < 1.29 is 0 Å².